The topological polar surface area (TPSA) is 43.6 Å². The number of rotatable bonds is 6. The Morgan fingerprint density at radius 3 is 1.60 bits per heavy atom. The molecule has 0 atom stereocenters. The number of nitrogens with zero attached hydrogens (tertiary/aromatic N) is 4. The molecule has 190 valence electrons. The second kappa shape index (κ2) is 10.9. The summed E-state index contributed by atoms with van der Waals surface area (Å²) in [5.74, 6) is 0. The van der Waals surface area contributed by atoms with Gasteiger partial charge in [0.2, 0.25) is 0 Å². The van der Waals surface area contributed by atoms with Crippen LogP contribution in [0.5, 0.6) is 0 Å². The molecule has 7 aromatic rings. The Bertz CT molecular complexity index is 1800. The van der Waals surface area contributed by atoms with Gasteiger partial charge in [-0.2, -0.15) is 0 Å². The third-order valence-corrected chi connectivity index (χ3v) is 14.4. The van der Waals surface area contributed by atoms with E-state index in [-0.39, 0.29) is 0 Å². The average Bonchev–Trinajstić information content (AvgIpc) is 3.47. The summed E-state index contributed by atoms with van der Waals surface area (Å²) < 4.78 is 6.11. The fraction of sp³-hybridized carbons (Fsp3) is 0. The Labute approximate surface area is 240 Å². The number of para-hydroxylation sites is 1. The van der Waals surface area contributed by atoms with Gasteiger partial charge in [-0.1, -0.05) is 0 Å². The van der Waals surface area contributed by atoms with Crippen molar-refractivity contribution >= 4 is 41.6 Å². The van der Waals surface area contributed by atoms with E-state index in [4.69, 9.17) is 15.1 Å². The van der Waals surface area contributed by atoms with Crippen LogP contribution in [0.3, 0.4) is 0 Å². The molecule has 0 unspecified atom stereocenters. The van der Waals surface area contributed by atoms with Crippen molar-refractivity contribution < 1.29 is 0 Å². The quantitative estimate of drug-likeness (QED) is 0.225. The molecule has 5 heteroatoms. The second-order valence-corrected chi connectivity index (χ2v) is 15.5. The van der Waals surface area contributed by atoms with Gasteiger partial charge in [-0.25, -0.2) is 0 Å². The monoisotopic (exact) mass is 622 g/mol. The van der Waals surface area contributed by atoms with E-state index in [0.29, 0.717) is 0 Å². The first kappa shape index (κ1) is 24.5. The molecule has 7 rings (SSSR count). The predicted molar refractivity (Wildman–Crippen MR) is 165 cm³/mol. The summed E-state index contributed by atoms with van der Waals surface area (Å²) in [6, 6.07) is 46.9. The molecule has 0 N–H and O–H groups in total. The summed E-state index contributed by atoms with van der Waals surface area (Å²) in [5, 5.41) is 6.12. The fourth-order valence-electron chi connectivity index (χ4n) is 5.14. The van der Waals surface area contributed by atoms with Crippen molar-refractivity contribution in [1.29, 1.82) is 0 Å². The minimum absolute atomic E-state index is 0.989. The summed E-state index contributed by atoms with van der Waals surface area (Å²) in [5.41, 5.74) is 6.46. The van der Waals surface area contributed by atoms with Crippen LogP contribution in [-0.2, 0) is 0 Å². The Kier molecular flexibility index (Phi) is 6.69. The molecule has 0 saturated carbocycles. The Balaban J connectivity index is 1.52. The maximum absolute atomic E-state index is 5.00. The summed E-state index contributed by atoms with van der Waals surface area (Å²) in [4.78, 5) is 9.54. The van der Waals surface area contributed by atoms with Crippen molar-refractivity contribution in [2.75, 3.05) is 0 Å². The number of pyridine rings is 2. The summed E-state index contributed by atoms with van der Waals surface area (Å²) in [7, 11) is 0. The second-order valence-electron chi connectivity index (χ2n) is 9.42. The molecule has 0 aliphatic carbocycles. The van der Waals surface area contributed by atoms with Crippen molar-refractivity contribution in [2.45, 2.75) is 0 Å². The molecule has 0 radical (unpaired) electrons. The van der Waals surface area contributed by atoms with Crippen LogP contribution >= 0.6 is 0 Å². The number of hydrogen-bond acceptors (Lipinski definition) is 3. The summed E-state index contributed by atoms with van der Waals surface area (Å²) >= 11 is -2.76. The molecule has 4 aromatic carbocycles. The van der Waals surface area contributed by atoms with E-state index < -0.39 is 20.2 Å². The molecule has 3 aromatic heterocycles. The third-order valence-electron chi connectivity index (χ3n) is 6.95. The molecule has 40 heavy (non-hydrogen) atoms. The van der Waals surface area contributed by atoms with Gasteiger partial charge in [0, 0.05) is 0 Å². The summed E-state index contributed by atoms with van der Waals surface area (Å²) in [6.07, 6.45) is 5.89. The first-order chi connectivity index (χ1) is 19.9. The van der Waals surface area contributed by atoms with Gasteiger partial charge in [0.1, 0.15) is 0 Å². The van der Waals surface area contributed by atoms with Crippen LogP contribution in [0.4, 0.5) is 0 Å². The zero-order valence-corrected chi connectivity index (χ0v) is 24.2. The van der Waals surface area contributed by atoms with E-state index in [1.54, 1.807) is 0 Å². The van der Waals surface area contributed by atoms with E-state index in [2.05, 4.69) is 126 Å². The molecule has 0 saturated heterocycles. The van der Waals surface area contributed by atoms with Gasteiger partial charge in [-0.05, 0) is 0 Å². The SMILES string of the molecule is c1ccc(-c2cccc[c]2[Sb]([c]2ccccc2-c2ccccn2)[c]2ccccc2-n2cc3ccccc3n2)nc1. The van der Waals surface area contributed by atoms with Gasteiger partial charge in [0.05, 0.1) is 0 Å². The van der Waals surface area contributed by atoms with Gasteiger partial charge in [0.25, 0.3) is 0 Å². The Morgan fingerprint density at radius 2 is 1.00 bits per heavy atom. The van der Waals surface area contributed by atoms with Crippen LogP contribution in [0.15, 0.2) is 152 Å². The van der Waals surface area contributed by atoms with Crippen LogP contribution in [0.1, 0.15) is 0 Å². The molecule has 0 fully saturated rings. The molecular weight excluding hydrogens is 598 g/mol. The first-order valence-electron chi connectivity index (χ1n) is 13.2. The van der Waals surface area contributed by atoms with E-state index in [1.807, 2.05) is 30.6 Å². The Hall–Kier alpha value is -4.53. The third kappa shape index (κ3) is 4.61. The number of hydrogen-bond donors (Lipinski definition) is 0. The molecule has 0 spiro atoms. The fourth-order valence-corrected chi connectivity index (χ4v) is 13.0. The van der Waals surface area contributed by atoms with Crippen molar-refractivity contribution in [3.63, 3.8) is 0 Å². The standard InChI is InChI=1S/C13H9N2.2C11H8N.Sb/c1-2-7-12(8-3-1)15-10-11-6-4-5-9-13(11)14-15;2*1-2-6-10(7-3-1)11-8-4-5-9-12-11;/h1-7,9-10H;2*1-6,8-9H;. The normalized spacial score (nSPS) is 11.2. The van der Waals surface area contributed by atoms with Gasteiger partial charge in [-0.3, -0.25) is 0 Å². The van der Waals surface area contributed by atoms with E-state index in [0.717, 1.165) is 28.0 Å². The number of benzene rings is 4. The van der Waals surface area contributed by atoms with Crippen LogP contribution in [0, 0.1) is 0 Å². The van der Waals surface area contributed by atoms with Crippen molar-refractivity contribution in [3.8, 4) is 28.2 Å². The maximum atomic E-state index is 5.00. The molecule has 0 aliphatic rings. The van der Waals surface area contributed by atoms with Crippen molar-refractivity contribution in [1.82, 2.24) is 19.7 Å². The minimum atomic E-state index is -2.76. The zero-order valence-electron chi connectivity index (χ0n) is 21.7. The number of fused-ring (bicyclic) bond motifs is 1. The summed E-state index contributed by atoms with van der Waals surface area (Å²) in [6.45, 7) is 0. The molecule has 3 heterocycles. The van der Waals surface area contributed by atoms with Crippen LogP contribution in [0.2, 0.25) is 0 Å². The average molecular weight is 623 g/mol. The van der Waals surface area contributed by atoms with Gasteiger partial charge in [-0.15, -0.1) is 0 Å². The van der Waals surface area contributed by atoms with Gasteiger partial charge < -0.3 is 0 Å². The Morgan fingerprint density at radius 1 is 0.475 bits per heavy atom. The van der Waals surface area contributed by atoms with E-state index in [9.17, 15) is 0 Å². The van der Waals surface area contributed by atoms with Gasteiger partial charge >= 0.3 is 242 Å². The van der Waals surface area contributed by atoms with Gasteiger partial charge in [0.15, 0.2) is 0 Å². The molecule has 0 amide bonds. The van der Waals surface area contributed by atoms with Crippen molar-refractivity contribution in [3.05, 3.63) is 152 Å². The van der Waals surface area contributed by atoms with Crippen LogP contribution in [0.25, 0.3) is 39.1 Å². The van der Waals surface area contributed by atoms with Crippen molar-refractivity contribution in [2.24, 2.45) is 0 Å². The predicted octanol–water partition coefficient (Wildman–Crippen LogP) is 5.67. The molecule has 4 nitrogen and oxygen atoms in total. The molecule has 0 bridgehead atoms. The zero-order chi connectivity index (χ0) is 26.7. The first-order valence-corrected chi connectivity index (χ1v) is 17.0. The van der Waals surface area contributed by atoms with E-state index >= 15 is 0 Å². The van der Waals surface area contributed by atoms with Crippen LogP contribution in [-0.4, -0.2) is 40.0 Å². The molecular formula is C35H25N4Sb. The van der Waals surface area contributed by atoms with Crippen LogP contribution < -0.4 is 10.5 Å². The van der Waals surface area contributed by atoms with E-state index in [1.165, 1.54) is 21.7 Å². The molecule has 0 aliphatic heterocycles. The number of aromatic nitrogens is 4.